The first-order valence-electron chi connectivity index (χ1n) is 8.64. The van der Waals surface area contributed by atoms with Crippen LogP contribution in [0.5, 0.6) is 0 Å². The Balaban J connectivity index is 3.50. The van der Waals surface area contributed by atoms with Gasteiger partial charge in [0.15, 0.2) is 0 Å². The molecule has 0 aliphatic carbocycles. The summed E-state index contributed by atoms with van der Waals surface area (Å²) in [5.74, 6) is 0.322. The Labute approximate surface area is 133 Å². The Kier molecular flexibility index (Phi) is 9.01. The first-order chi connectivity index (χ1) is 9.59. The largest absolute Gasteiger partial charge is 0.512 e. The summed E-state index contributed by atoms with van der Waals surface area (Å²) < 4.78 is 0. The second-order valence-electron chi connectivity index (χ2n) is 7.97. The van der Waals surface area contributed by atoms with E-state index < -0.39 is 0 Å². The predicted molar refractivity (Wildman–Crippen MR) is 95.7 cm³/mol. The van der Waals surface area contributed by atoms with Gasteiger partial charge >= 0.3 is 0 Å². The summed E-state index contributed by atoms with van der Waals surface area (Å²) >= 11 is 0. The van der Waals surface area contributed by atoms with E-state index in [4.69, 9.17) is 0 Å². The molecule has 0 rings (SSSR count). The normalized spacial score (nSPS) is 12.4. The van der Waals surface area contributed by atoms with Crippen molar-refractivity contribution in [1.29, 1.82) is 0 Å². The molecule has 21 heavy (non-hydrogen) atoms. The summed E-state index contributed by atoms with van der Waals surface area (Å²) in [6, 6.07) is 0. The molecule has 1 nitrogen and oxygen atoms in total. The number of hydrogen-bond acceptors (Lipinski definition) is 1. The van der Waals surface area contributed by atoms with Crippen molar-refractivity contribution in [1.82, 2.24) is 0 Å². The van der Waals surface area contributed by atoms with Crippen molar-refractivity contribution in [2.45, 2.75) is 92.4 Å². The number of aliphatic hydroxyl groups is 1. The molecule has 1 N–H and O–H groups in total. The minimum Gasteiger partial charge on any atom is -0.512 e. The lowest BCUT2D eigenvalue weighted by atomic mass is 9.81. The maximum Gasteiger partial charge on any atom is 0.0907 e. The Morgan fingerprint density at radius 2 is 1.05 bits per heavy atom. The molecular formula is C20H38O. The average Bonchev–Trinajstić information content (AvgIpc) is 2.36. The van der Waals surface area contributed by atoms with Crippen molar-refractivity contribution in [2.24, 2.45) is 10.8 Å². The SMILES string of the molecule is C=C(C)C(C)(C)CCCCCCCCCC(C)(C)C(=C)O. The van der Waals surface area contributed by atoms with Crippen LogP contribution in [0.1, 0.15) is 92.4 Å². The van der Waals surface area contributed by atoms with E-state index in [1.54, 1.807) is 0 Å². The van der Waals surface area contributed by atoms with Gasteiger partial charge in [-0.05, 0) is 25.2 Å². The van der Waals surface area contributed by atoms with Gasteiger partial charge in [0.25, 0.3) is 0 Å². The lowest BCUT2D eigenvalue weighted by molar-refractivity contribution is 0.240. The molecule has 0 aromatic carbocycles. The first-order valence-corrected chi connectivity index (χ1v) is 8.64. The average molecular weight is 295 g/mol. The van der Waals surface area contributed by atoms with Gasteiger partial charge in [0.1, 0.15) is 0 Å². The molecule has 124 valence electrons. The Morgan fingerprint density at radius 3 is 1.38 bits per heavy atom. The summed E-state index contributed by atoms with van der Waals surface area (Å²) in [5.41, 5.74) is 1.49. The van der Waals surface area contributed by atoms with E-state index in [1.165, 1.54) is 56.9 Å². The molecule has 0 saturated heterocycles. The third-order valence-corrected chi connectivity index (χ3v) is 5.04. The van der Waals surface area contributed by atoms with Crippen molar-refractivity contribution in [3.05, 3.63) is 24.5 Å². The van der Waals surface area contributed by atoms with Crippen LogP contribution in [0.25, 0.3) is 0 Å². The predicted octanol–water partition coefficient (Wildman–Crippen LogP) is 7.20. The molecule has 0 spiro atoms. The smallest absolute Gasteiger partial charge is 0.0907 e. The van der Waals surface area contributed by atoms with Gasteiger partial charge < -0.3 is 5.11 Å². The fourth-order valence-electron chi connectivity index (χ4n) is 2.38. The highest BCUT2D eigenvalue weighted by Crippen LogP contribution is 2.31. The Bertz CT molecular complexity index is 291. The molecule has 1 heteroatoms. The van der Waals surface area contributed by atoms with E-state index in [0.29, 0.717) is 11.2 Å². The number of unbranched alkanes of at least 4 members (excludes halogenated alkanes) is 6. The van der Waals surface area contributed by atoms with Gasteiger partial charge in [0.05, 0.1) is 5.76 Å². The summed E-state index contributed by atoms with van der Waals surface area (Å²) in [7, 11) is 0. The minimum atomic E-state index is -0.117. The monoisotopic (exact) mass is 294 g/mol. The third kappa shape index (κ3) is 9.01. The zero-order valence-corrected chi connectivity index (χ0v) is 15.2. The molecule has 0 bridgehead atoms. The van der Waals surface area contributed by atoms with Crippen LogP contribution in [0.4, 0.5) is 0 Å². The molecule has 0 amide bonds. The van der Waals surface area contributed by atoms with Gasteiger partial charge in [0, 0.05) is 5.41 Å². The van der Waals surface area contributed by atoms with Crippen LogP contribution in [0.3, 0.4) is 0 Å². The van der Waals surface area contributed by atoms with E-state index in [0.717, 1.165) is 6.42 Å². The Hall–Kier alpha value is -0.720. The van der Waals surface area contributed by atoms with Crippen LogP contribution in [-0.2, 0) is 0 Å². The van der Waals surface area contributed by atoms with Gasteiger partial charge in [0.2, 0.25) is 0 Å². The molecular weight excluding hydrogens is 256 g/mol. The summed E-state index contributed by atoms with van der Waals surface area (Å²) in [6.45, 7) is 18.6. The van der Waals surface area contributed by atoms with Crippen molar-refractivity contribution in [3.63, 3.8) is 0 Å². The topological polar surface area (TPSA) is 20.2 Å². The van der Waals surface area contributed by atoms with Crippen LogP contribution in [0.2, 0.25) is 0 Å². The van der Waals surface area contributed by atoms with Gasteiger partial charge in [-0.15, -0.1) is 0 Å². The molecule has 0 heterocycles. The molecule has 0 unspecified atom stereocenters. The zero-order valence-electron chi connectivity index (χ0n) is 15.2. The highest BCUT2D eigenvalue weighted by molar-refractivity contribution is 5.02. The van der Waals surface area contributed by atoms with Crippen molar-refractivity contribution in [3.8, 4) is 0 Å². The van der Waals surface area contributed by atoms with E-state index in [1.807, 2.05) is 0 Å². The fraction of sp³-hybridized carbons (Fsp3) is 0.800. The number of hydrogen-bond donors (Lipinski definition) is 1. The van der Waals surface area contributed by atoms with E-state index in [2.05, 4.69) is 47.8 Å². The standard InChI is InChI=1S/C20H38O/c1-17(2)19(4,5)15-13-11-9-8-10-12-14-16-20(6,7)18(3)21/h21H,1,3,8-16H2,2,4-7H3. The summed E-state index contributed by atoms with van der Waals surface area (Å²) in [6.07, 6.45) is 11.4. The molecule has 0 saturated carbocycles. The molecule has 0 aliphatic heterocycles. The summed E-state index contributed by atoms with van der Waals surface area (Å²) in [5, 5.41) is 9.48. The molecule has 0 atom stereocenters. The van der Waals surface area contributed by atoms with Crippen LogP contribution in [-0.4, -0.2) is 5.11 Å². The van der Waals surface area contributed by atoms with E-state index in [9.17, 15) is 5.11 Å². The number of allylic oxidation sites excluding steroid dienone is 2. The highest BCUT2D eigenvalue weighted by atomic mass is 16.3. The molecule has 0 fully saturated rings. The van der Waals surface area contributed by atoms with Gasteiger partial charge in [-0.1, -0.05) is 91.4 Å². The Morgan fingerprint density at radius 1 is 0.714 bits per heavy atom. The third-order valence-electron chi connectivity index (χ3n) is 5.04. The van der Waals surface area contributed by atoms with Crippen LogP contribution < -0.4 is 0 Å². The summed E-state index contributed by atoms with van der Waals surface area (Å²) in [4.78, 5) is 0. The fourth-order valence-corrected chi connectivity index (χ4v) is 2.38. The second-order valence-corrected chi connectivity index (χ2v) is 7.97. The van der Waals surface area contributed by atoms with Gasteiger partial charge in [-0.2, -0.15) is 0 Å². The molecule has 0 aromatic rings. The van der Waals surface area contributed by atoms with E-state index in [-0.39, 0.29) is 5.41 Å². The van der Waals surface area contributed by atoms with Gasteiger partial charge in [-0.3, -0.25) is 0 Å². The molecule has 0 radical (unpaired) electrons. The van der Waals surface area contributed by atoms with Crippen LogP contribution in [0.15, 0.2) is 24.5 Å². The lowest BCUT2D eigenvalue weighted by Gasteiger charge is -2.25. The number of aliphatic hydroxyl groups excluding tert-OH is 1. The van der Waals surface area contributed by atoms with Crippen molar-refractivity contribution in [2.75, 3.05) is 0 Å². The maximum atomic E-state index is 9.48. The quantitative estimate of drug-likeness (QED) is 0.229. The van der Waals surface area contributed by atoms with Crippen LogP contribution in [0, 0.1) is 10.8 Å². The van der Waals surface area contributed by atoms with Crippen LogP contribution >= 0.6 is 0 Å². The minimum absolute atomic E-state index is 0.117. The highest BCUT2D eigenvalue weighted by Gasteiger charge is 2.20. The molecule has 0 aromatic heterocycles. The lowest BCUT2D eigenvalue weighted by Crippen LogP contribution is -2.13. The maximum absolute atomic E-state index is 9.48. The second kappa shape index (κ2) is 9.33. The van der Waals surface area contributed by atoms with Crippen molar-refractivity contribution < 1.29 is 5.11 Å². The van der Waals surface area contributed by atoms with Gasteiger partial charge in [-0.25, -0.2) is 0 Å². The van der Waals surface area contributed by atoms with Crippen molar-refractivity contribution >= 4 is 0 Å². The number of rotatable bonds is 12. The molecule has 0 aliphatic rings. The first kappa shape index (κ1) is 20.3. The van der Waals surface area contributed by atoms with E-state index >= 15 is 0 Å². The zero-order chi connectivity index (χ0) is 16.5.